The Kier molecular flexibility index (Phi) is 5.20. The van der Waals surface area contributed by atoms with Gasteiger partial charge in [-0.3, -0.25) is 4.79 Å². The second-order valence-corrected chi connectivity index (χ2v) is 5.12. The molecule has 0 unspecified atom stereocenters. The second-order valence-electron chi connectivity index (χ2n) is 5.12. The van der Waals surface area contributed by atoms with Crippen molar-refractivity contribution < 1.29 is 9.53 Å². The predicted molar refractivity (Wildman–Crippen MR) is 74.0 cm³/mol. The van der Waals surface area contributed by atoms with E-state index in [1.165, 1.54) is 11.1 Å². The Hall–Kier alpha value is -1.51. The highest BCUT2D eigenvalue weighted by Crippen LogP contribution is 2.23. The van der Waals surface area contributed by atoms with Gasteiger partial charge in [0.05, 0.1) is 13.5 Å². The normalized spacial score (nSPS) is 10.6. The molecule has 18 heavy (non-hydrogen) atoms. The van der Waals surface area contributed by atoms with Crippen molar-refractivity contribution in [2.24, 2.45) is 5.92 Å². The maximum absolute atomic E-state index is 11.8. The van der Waals surface area contributed by atoms with E-state index in [1.807, 2.05) is 26.0 Å². The topological polar surface area (TPSA) is 38.3 Å². The Balaban J connectivity index is 2.77. The molecule has 1 amide bonds. The third kappa shape index (κ3) is 4.06. The molecule has 0 aliphatic heterocycles. The van der Waals surface area contributed by atoms with Gasteiger partial charge in [0.15, 0.2) is 0 Å². The van der Waals surface area contributed by atoms with E-state index < -0.39 is 0 Å². The summed E-state index contributed by atoms with van der Waals surface area (Å²) in [5.74, 6) is 1.30. The smallest absolute Gasteiger partial charge is 0.224 e. The van der Waals surface area contributed by atoms with Crippen LogP contribution in [0.4, 0.5) is 0 Å². The molecule has 0 aromatic heterocycles. The van der Waals surface area contributed by atoms with Crippen LogP contribution in [0.2, 0.25) is 0 Å². The molecule has 0 atom stereocenters. The third-order valence-electron chi connectivity index (χ3n) is 2.96. The quantitative estimate of drug-likeness (QED) is 0.871. The Bertz CT molecular complexity index is 425. The van der Waals surface area contributed by atoms with Crippen LogP contribution in [-0.4, -0.2) is 19.6 Å². The molecule has 1 rings (SSSR count). The van der Waals surface area contributed by atoms with Crippen molar-refractivity contribution in [1.29, 1.82) is 0 Å². The molecule has 1 aromatic rings. The molecule has 1 N–H and O–H groups in total. The summed E-state index contributed by atoms with van der Waals surface area (Å²) in [6.45, 7) is 8.96. The Morgan fingerprint density at radius 2 is 1.89 bits per heavy atom. The van der Waals surface area contributed by atoms with Gasteiger partial charge in [-0.1, -0.05) is 19.9 Å². The molecule has 0 aliphatic rings. The first-order chi connectivity index (χ1) is 8.43. The summed E-state index contributed by atoms with van der Waals surface area (Å²) < 4.78 is 5.33. The number of amides is 1. The zero-order chi connectivity index (χ0) is 13.7. The SMILES string of the molecule is COc1cc(C)c(C)cc1CC(=O)NCC(C)C. The van der Waals surface area contributed by atoms with Crippen molar-refractivity contribution in [2.75, 3.05) is 13.7 Å². The van der Waals surface area contributed by atoms with Gasteiger partial charge in [0, 0.05) is 12.1 Å². The summed E-state index contributed by atoms with van der Waals surface area (Å²) in [4.78, 5) is 11.8. The van der Waals surface area contributed by atoms with E-state index in [0.29, 0.717) is 18.9 Å². The first-order valence-electron chi connectivity index (χ1n) is 6.34. The molecule has 0 heterocycles. The number of hydrogen-bond donors (Lipinski definition) is 1. The van der Waals surface area contributed by atoms with Crippen molar-refractivity contribution in [3.63, 3.8) is 0 Å². The fraction of sp³-hybridized carbons (Fsp3) is 0.533. The predicted octanol–water partition coefficient (Wildman–Crippen LogP) is 2.63. The highest BCUT2D eigenvalue weighted by molar-refractivity contribution is 5.79. The molecule has 0 bridgehead atoms. The largest absolute Gasteiger partial charge is 0.496 e. The number of carbonyl (C=O) groups is 1. The number of aryl methyl sites for hydroxylation is 2. The second kappa shape index (κ2) is 6.43. The lowest BCUT2D eigenvalue weighted by molar-refractivity contribution is -0.120. The lowest BCUT2D eigenvalue weighted by atomic mass is 10.0. The van der Waals surface area contributed by atoms with Crippen LogP contribution in [0.25, 0.3) is 0 Å². The number of hydrogen-bond acceptors (Lipinski definition) is 2. The van der Waals surface area contributed by atoms with E-state index in [9.17, 15) is 4.79 Å². The maximum atomic E-state index is 11.8. The Morgan fingerprint density at radius 1 is 1.28 bits per heavy atom. The van der Waals surface area contributed by atoms with Gasteiger partial charge in [0.25, 0.3) is 0 Å². The summed E-state index contributed by atoms with van der Waals surface area (Å²) in [7, 11) is 1.64. The molecule has 0 aliphatic carbocycles. The van der Waals surface area contributed by atoms with Gasteiger partial charge in [-0.2, -0.15) is 0 Å². The summed E-state index contributed by atoms with van der Waals surface area (Å²) in [6, 6.07) is 4.02. The van der Waals surface area contributed by atoms with Crippen molar-refractivity contribution in [1.82, 2.24) is 5.32 Å². The van der Waals surface area contributed by atoms with Crippen LogP contribution in [0.5, 0.6) is 5.75 Å². The Morgan fingerprint density at radius 3 is 2.44 bits per heavy atom. The van der Waals surface area contributed by atoms with Gasteiger partial charge in [-0.25, -0.2) is 0 Å². The first-order valence-corrected chi connectivity index (χ1v) is 6.34. The molecule has 0 spiro atoms. The molecule has 3 heteroatoms. The number of carbonyl (C=O) groups excluding carboxylic acids is 1. The first kappa shape index (κ1) is 14.6. The van der Waals surface area contributed by atoms with Crippen LogP contribution in [0.3, 0.4) is 0 Å². The van der Waals surface area contributed by atoms with Crippen molar-refractivity contribution in [2.45, 2.75) is 34.1 Å². The molecule has 0 radical (unpaired) electrons. The summed E-state index contributed by atoms with van der Waals surface area (Å²) in [5, 5.41) is 2.92. The minimum Gasteiger partial charge on any atom is -0.496 e. The third-order valence-corrected chi connectivity index (χ3v) is 2.96. The van der Waals surface area contributed by atoms with Gasteiger partial charge in [0.1, 0.15) is 5.75 Å². The van der Waals surface area contributed by atoms with Crippen LogP contribution in [0.1, 0.15) is 30.5 Å². The fourth-order valence-corrected chi connectivity index (χ4v) is 1.73. The van der Waals surface area contributed by atoms with E-state index in [1.54, 1.807) is 7.11 Å². The van der Waals surface area contributed by atoms with Crippen LogP contribution in [0.15, 0.2) is 12.1 Å². The average molecular weight is 249 g/mol. The minimum absolute atomic E-state index is 0.0465. The standard InChI is InChI=1S/C15H23NO2/c1-10(2)9-16-15(17)8-13-6-11(3)12(4)7-14(13)18-5/h6-7,10H,8-9H2,1-5H3,(H,16,17). The van der Waals surface area contributed by atoms with Crippen LogP contribution >= 0.6 is 0 Å². The minimum atomic E-state index is 0.0465. The van der Waals surface area contributed by atoms with Gasteiger partial charge in [-0.15, -0.1) is 0 Å². The van der Waals surface area contributed by atoms with Gasteiger partial charge < -0.3 is 10.1 Å². The summed E-state index contributed by atoms with van der Waals surface area (Å²) in [5.41, 5.74) is 3.31. The monoisotopic (exact) mass is 249 g/mol. The van der Waals surface area contributed by atoms with Crippen LogP contribution in [-0.2, 0) is 11.2 Å². The van der Waals surface area contributed by atoms with Gasteiger partial charge in [0.2, 0.25) is 5.91 Å². The van der Waals surface area contributed by atoms with E-state index in [0.717, 1.165) is 11.3 Å². The molecular formula is C15H23NO2. The number of benzene rings is 1. The molecule has 0 saturated heterocycles. The van der Waals surface area contributed by atoms with Crippen molar-refractivity contribution in [3.8, 4) is 5.75 Å². The van der Waals surface area contributed by atoms with E-state index in [2.05, 4.69) is 19.2 Å². The van der Waals surface area contributed by atoms with Crippen molar-refractivity contribution >= 4 is 5.91 Å². The molecule has 100 valence electrons. The Labute approximate surface area is 110 Å². The van der Waals surface area contributed by atoms with E-state index in [4.69, 9.17) is 4.74 Å². The zero-order valence-corrected chi connectivity index (χ0v) is 12.0. The summed E-state index contributed by atoms with van der Waals surface area (Å²) in [6.07, 6.45) is 0.372. The number of ether oxygens (including phenoxy) is 1. The molecular weight excluding hydrogens is 226 g/mol. The fourth-order valence-electron chi connectivity index (χ4n) is 1.73. The van der Waals surface area contributed by atoms with Crippen LogP contribution < -0.4 is 10.1 Å². The lowest BCUT2D eigenvalue weighted by Gasteiger charge is -2.12. The molecule has 3 nitrogen and oxygen atoms in total. The van der Waals surface area contributed by atoms with Crippen molar-refractivity contribution in [3.05, 3.63) is 28.8 Å². The van der Waals surface area contributed by atoms with E-state index >= 15 is 0 Å². The van der Waals surface area contributed by atoms with Gasteiger partial charge in [-0.05, 0) is 37.0 Å². The lowest BCUT2D eigenvalue weighted by Crippen LogP contribution is -2.28. The highest BCUT2D eigenvalue weighted by atomic mass is 16.5. The maximum Gasteiger partial charge on any atom is 0.224 e. The zero-order valence-electron chi connectivity index (χ0n) is 12.0. The average Bonchev–Trinajstić information content (AvgIpc) is 2.31. The molecule has 0 fully saturated rings. The molecule has 0 saturated carbocycles. The molecule has 1 aromatic carbocycles. The number of rotatable bonds is 5. The highest BCUT2D eigenvalue weighted by Gasteiger charge is 2.10. The summed E-state index contributed by atoms with van der Waals surface area (Å²) >= 11 is 0. The van der Waals surface area contributed by atoms with Gasteiger partial charge >= 0.3 is 0 Å². The van der Waals surface area contributed by atoms with E-state index in [-0.39, 0.29) is 5.91 Å². The number of methoxy groups -OCH3 is 1. The number of nitrogens with one attached hydrogen (secondary N) is 1. The van der Waals surface area contributed by atoms with Crippen LogP contribution in [0, 0.1) is 19.8 Å².